The zero-order chi connectivity index (χ0) is 11.5. The van der Waals surface area contributed by atoms with Crippen LogP contribution in [0.15, 0.2) is 23.1 Å². The molecule has 0 saturated heterocycles. The van der Waals surface area contributed by atoms with E-state index in [-0.39, 0.29) is 10.6 Å². The Morgan fingerprint density at radius 2 is 2.20 bits per heavy atom. The molecule has 0 aliphatic carbocycles. The molecule has 6 nitrogen and oxygen atoms in total. The molecule has 0 radical (unpaired) electrons. The summed E-state index contributed by atoms with van der Waals surface area (Å²) in [5, 5.41) is 0. The first-order chi connectivity index (χ1) is 6.99. The molecule has 0 amide bonds. The molecule has 0 atom stereocenters. The molecular weight excluding hydrogens is 220 g/mol. The summed E-state index contributed by atoms with van der Waals surface area (Å²) in [5.74, 6) is 0.0209. The van der Waals surface area contributed by atoms with Crippen molar-refractivity contribution in [3.63, 3.8) is 0 Å². The summed E-state index contributed by atoms with van der Waals surface area (Å²) in [7, 11) is -3.07. The second-order valence-electron chi connectivity index (χ2n) is 2.63. The molecule has 0 heterocycles. The Balaban J connectivity index is 3.45. The fourth-order valence-electron chi connectivity index (χ4n) is 1.04. The summed E-state index contributed by atoms with van der Waals surface area (Å²) in [6.07, 6.45) is 1.04. The van der Waals surface area contributed by atoms with Crippen LogP contribution in [0.5, 0.6) is 5.75 Å². The zero-order valence-corrected chi connectivity index (χ0v) is 8.60. The van der Waals surface area contributed by atoms with E-state index in [0.717, 1.165) is 12.3 Å². The third kappa shape index (κ3) is 2.63. The summed E-state index contributed by atoms with van der Waals surface area (Å²) in [4.78, 5) is 2.37. The van der Waals surface area contributed by atoms with E-state index in [0.29, 0.717) is 5.56 Å². The fourth-order valence-corrected chi connectivity index (χ4v) is 1.73. The molecular formula is C8H8N2O4S. The zero-order valence-electron chi connectivity index (χ0n) is 7.78. The van der Waals surface area contributed by atoms with Crippen LogP contribution in [0.25, 0.3) is 5.53 Å². The number of benzene rings is 1. The molecule has 0 spiro atoms. The summed E-state index contributed by atoms with van der Waals surface area (Å²) in [6.45, 7) is 0. The quantitative estimate of drug-likeness (QED) is 0.354. The number of methoxy groups -OCH3 is 1. The van der Waals surface area contributed by atoms with Crippen LogP contribution in [0.1, 0.15) is 5.56 Å². The van der Waals surface area contributed by atoms with E-state index >= 15 is 0 Å². The first-order valence-corrected chi connectivity index (χ1v) is 5.26. The third-order valence-corrected chi connectivity index (χ3v) is 2.55. The average molecular weight is 228 g/mol. The van der Waals surface area contributed by atoms with Gasteiger partial charge in [-0.05, 0) is 18.2 Å². The van der Waals surface area contributed by atoms with Gasteiger partial charge in [-0.3, -0.25) is 4.55 Å². The van der Waals surface area contributed by atoms with Gasteiger partial charge >= 0.3 is 0 Å². The summed E-state index contributed by atoms with van der Waals surface area (Å²) < 4.78 is 35.5. The number of rotatable bonds is 3. The monoisotopic (exact) mass is 228 g/mol. The van der Waals surface area contributed by atoms with Gasteiger partial charge < -0.3 is 10.3 Å². The lowest BCUT2D eigenvalue weighted by molar-refractivity contribution is 0.00455. The molecule has 7 heteroatoms. The van der Waals surface area contributed by atoms with Crippen LogP contribution in [-0.2, 0) is 10.1 Å². The Bertz CT molecular complexity index is 517. The van der Waals surface area contributed by atoms with E-state index in [1.165, 1.54) is 19.2 Å². The topological polar surface area (TPSA) is 100 Å². The van der Waals surface area contributed by atoms with Gasteiger partial charge in [-0.15, -0.1) is 0 Å². The van der Waals surface area contributed by atoms with Gasteiger partial charge in [-0.25, -0.2) is 0 Å². The Kier molecular flexibility index (Phi) is 3.21. The Morgan fingerprint density at radius 3 is 2.67 bits per heavy atom. The van der Waals surface area contributed by atoms with Crippen LogP contribution in [0.3, 0.4) is 0 Å². The van der Waals surface area contributed by atoms with E-state index in [1.54, 1.807) is 0 Å². The molecule has 0 unspecified atom stereocenters. The van der Waals surface area contributed by atoms with Crippen molar-refractivity contribution in [3.05, 3.63) is 29.3 Å². The number of nitrogens with zero attached hydrogens (tertiary/aromatic N) is 2. The lowest BCUT2D eigenvalue weighted by atomic mass is 10.2. The Morgan fingerprint density at radius 1 is 1.53 bits per heavy atom. The van der Waals surface area contributed by atoms with Crippen LogP contribution in [0, 0.1) is 0 Å². The first-order valence-electron chi connectivity index (χ1n) is 3.82. The van der Waals surface area contributed by atoms with Gasteiger partial charge in [0.2, 0.25) is 0 Å². The molecule has 0 saturated carbocycles. The summed E-state index contributed by atoms with van der Waals surface area (Å²) in [5.41, 5.74) is 8.59. The Hall–Kier alpha value is -1.69. The van der Waals surface area contributed by atoms with Crippen molar-refractivity contribution in [1.29, 1.82) is 0 Å². The van der Waals surface area contributed by atoms with Gasteiger partial charge in [0, 0.05) is 0 Å². The van der Waals surface area contributed by atoms with Crippen molar-refractivity contribution < 1.29 is 22.5 Å². The Labute approximate surface area is 86.5 Å². The van der Waals surface area contributed by atoms with Gasteiger partial charge in [-0.1, -0.05) is 0 Å². The number of hydrogen-bond donors (Lipinski definition) is 1. The predicted molar refractivity (Wildman–Crippen MR) is 51.6 cm³/mol. The highest BCUT2D eigenvalue weighted by Crippen LogP contribution is 2.23. The molecule has 1 aromatic carbocycles. The molecule has 0 aliphatic heterocycles. The van der Waals surface area contributed by atoms with Crippen LogP contribution in [0.2, 0.25) is 0 Å². The minimum absolute atomic E-state index is 0.0209. The van der Waals surface area contributed by atoms with Crippen LogP contribution in [-0.4, -0.2) is 31.1 Å². The van der Waals surface area contributed by atoms with Gasteiger partial charge in [0.15, 0.2) is 0 Å². The summed E-state index contributed by atoms with van der Waals surface area (Å²) >= 11 is 0. The van der Waals surface area contributed by atoms with E-state index in [1.807, 2.05) is 0 Å². The van der Waals surface area contributed by atoms with Gasteiger partial charge in [0.1, 0.15) is 10.6 Å². The van der Waals surface area contributed by atoms with Crippen molar-refractivity contribution in [2.75, 3.05) is 7.11 Å². The van der Waals surface area contributed by atoms with E-state index in [9.17, 15) is 8.42 Å². The van der Waals surface area contributed by atoms with Crippen molar-refractivity contribution in [1.82, 2.24) is 0 Å². The summed E-state index contributed by atoms with van der Waals surface area (Å²) in [6, 6.07) is 3.96. The van der Waals surface area contributed by atoms with Crippen molar-refractivity contribution in [2.45, 2.75) is 4.90 Å². The van der Waals surface area contributed by atoms with E-state index in [4.69, 9.17) is 14.8 Å². The van der Waals surface area contributed by atoms with Crippen LogP contribution < -0.4 is 4.74 Å². The first kappa shape index (κ1) is 11.4. The molecule has 0 aromatic heterocycles. The van der Waals surface area contributed by atoms with Crippen molar-refractivity contribution >= 4 is 16.3 Å². The highest BCUT2D eigenvalue weighted by Gasteiger charge is 2.17. The predicted octanol–water partition coefficient (Wildman–Crippen LogP) is 0.591. The van der Waals surface area contributed by atoms with E-state index < -0.39 is 10.1 Å². The smallest absolute Gasteiger partial charge is 0.298 e. The normalized spacial score (nSPS) is 10.5. The second kappa shape index (κ2) is 4.22. The molecule has 0 aliphatic rings. The van der Waals surface area contributed by atoms with Gasteiger partial charge in [-0.2, -0.15) is 13.2 Å². The molecule has 0 fully saturated rings. The largest absolute Gasteiger partial charge is 0.495 e. The van der Waals surface area contributed by atoms with Crippen LogP contribution in [0.4, 0.5) is 0 Å². The van der Waals surface area contributed by atoms with Gasteiger partial charge in [0.05, 0.1) is 12.7 Å². The van der Waals surface area contributed by atoms with Crippen molar-refractivity contribution in [2.24, 2.45) is 0 Å². The molecule has 15 heavy (non-hydrogen) atoms. The highest BCUT2D eigenvalue weighted by atomic mass is 32.2. The van der Waals surface area contributed by atoms with Gasteiger partial charge in [0.25, 0.3) is 16.3 Å². The number of hydrogen-bond acceptors (Lipinski definition) is 3. The average Bonchev–Trinajstić information content (AvgIpc) is 2.17. The van der Waals surface area contributed by atoms with Crippen molar-refractivity contribution in [3.8, 4) is 5.75 Å². The molecule has 0 bridgehead atoms. The van der Waals surface area contributed by atoms with E-state index in [2.05, 4.69) is 4.79 Å². The molecule has 80 valence electrons. The standard InChI is InChI=1S/C8H8N2O4S/c1-14-7-3-2-6(5-10-9)4-8(7)15(11,12)13/h2-5H,1H3,(H,11,12,13). The third-order valence-electron chi connectivity index (χ3n) is 1.67. The maximum atomic E-state index is 10.9. The van der Waals surface area contributed by atoms with Crippen LogP contribution >= 0.6 is 0 Å². The molecule has 1 N–H and O–H groups in total. The number of ether oxygens (including phenoxy) is 1. The fraction of sp³-hybridized carbons (Fsp3) is 0.125. The minimum atomic E-state index is -4.35. The molecule has 1 aromatic rings. The lowest BCUT2D eigenvalue weighted by Gasteiger charge is -2.04. The SMILES string of the molecule is COc1ccc(C=[N+]=[N-])cc1S(=O)(=O)O. The maximum absolute atomic E-state index is 10.9. The highest BCUT2D eigenvalue weighted by molar-refractivity contribution is 7.86. The lowest BCUT2D eigenvalue weighted by Crippen LogP contribution is -2.02. The molecule has 1 rings (SSSR count). The maximum Gasteiger partial charge on any atom is 0.298 e. The minimum Gasteiger partial charge on any atom is -0.495 e. The second-order valence-corrected chi connectivity index (χ2v) is 4.02.